The molecule has 0 saturated heterocycles. The summed E-state index contributed by atoms with van der Waals surface area (Å²) in [5.41, 5.74) is 5.10. The number of aromatic hydroxyl groups is 2. The van der Waals surface area contributed by atoms with Crippen LogP contribution in [-0.4, -0.2) is 16.2 Å². The maximum absolute atomic E-state index is 10.6. The van der Waals surface area contributed by atoms with Crippen LogP contribution in [0.2, 0.25) is 0 Å². The normalized spacial score (nSPS) is 11.6. The van der Waals surface area contributed by atoms with Gasteiger partial charge in [0.2, 0.25) is 5.69 Å². The molecule has 1 aromatic heterocycles. The van der Waals surface area contributed by atoms with Crippen LogP contribution < -0.4 is 10.1 Å². The van der Waals surface area contributed by atoms with Gasteiger partial charge in [0, 0.05) is 31.4 Å². The number of carboxylic acid groups (broad SMARTS) is 1. The lowest BCUT2D eigenvalue weighted by Gasteiger charge is -2.28. The van der Waals surface area contributed by atoms with E-state index in [1.807, 2.05) is 80.5 Å². The average Bonchev–Trinajstić information content (AvgIpc) is 2.57. The molecule has 0 aliphatic rings. The Morgan fingerprint density at radius 3 is 1.73 bits per heavy atom. The molecule has 0 fully saturated rings. The summed E-state index contributed by atoms with van der Waals surface area (Å²) in [6.45, 7) is 18.0. The fraction of sp³-hybridized carbons (Fsp3) is 0.520. The first kappa shape index (κ1) is 25.5. The highest BCUT2D eigenvalue weighted by Crippen LogP contribution is 2.39. The number of carbonyl (C=O) groups is 1. The van der Waals surface area contributed by atoms with Crippen molar-refractivity contribution >= 4 is 5.97 Å². The van der Waals surface area contributed by atoms with Gasteiger partial charge in [0.25, 0.3) is 0 Å². The van der Waals surface area contributed by atoms with Crippen LogP contribution in [0.5, 0.6) is 11.5 Å². The van der Waals surface area contributed by atoms with Crippen molar-refractivity contribution in [3.63, 3.8) is 0 Å². The lowest BCUT2D eigenvalue weighted by Crippen LogP contribution is -2.23. The highest BCUT2D eigenvalue weighted by atomic mass is 16.4. The predicted molar refractivity (Wildman–Crippen MR) is 118 cm³/mol. The van der Waals surface area contributed by atoms with E-state index in [-0.39, 0.29) is 17.3 Å². The smallest absolute Gasteiger partial charge is 0.219 e. The van der Waals surface area contributed by atoms with E-state index in [1.165, 1.54) is 0 Å². The zero-order valence-electron chi connectivity index (χ0n) is 19.9. The third-order valence-corrected chi connectivity index (χ3v) is 4.95. The standard InChI is InChI=1S/C17H26O3.C8H11NO/c1-16(2,3)12-9-11(7-8-14(18)19)10-13(15(12)20)17(4,5)6;1-5-4-6(2)9-7(3)8(5)10/h9-10,20H,7-8H2,1-6H3,(H,18,19);4,10H,1-3H3. The zero-order chi connectivity index (χ0) is 23.4. The van der Waals surface area contributed by atoms with Crippen LogP contribution in [0.4, 0.5) is 0 Å². The summed E-state index contributed by atoms with van der Waals surface area (Å²) in [7, 11) is 0. The van der Waals surface area contributed by atoms with Crippen LogP contribution in [0.25, 0.3) is 0 Å². The first-order valence-corrected chi connectivity index (χ1v) is 10.3. The van der Waals surface area contributed by atoms with Gasteiger partial charge in [-0.05, 0) is 47.3 Å². The number of aromatic amines is 1. The minimum atomic E-state index is -1.05. The van der Waals surface area contributed by atoms with Gasteiger partial charge >= 0.3 is 0 Å². The van der Waals surface area contributed by atoms with Gasteiger partial charge in [-0.2, -0.15) is 0 Å². The van der Waals surface area contributed by atoms with E-state index in [0.29, 0.717) is 17.9 Å². The van der Waals surface area contributed by atoms with Crippen LogP contribution in [0.15, 0.2) is 18.2 Å². The Kier molecular flexibility index (Phi) is 8.07. The van der Waals surface area contributed by atoms with E-state index in [9.17, 15) is 20.1 Å². The van der Waals surface area contributed by atoms with E-state index in [4.69, 9.17) is 0 Å². The number of aromatic nitrogens is 1. The minimum Gasteiger partial charge on any atom is -0.550 e. The lowest BCUT2D eigenvalue weighted by atomic mass is 9.78. The topological polar surface area (TPSA) is 94.7 Å². The number of hydrogen-bond donors (Lipinski definition) is 2. The molecule has 0 radical (unpaired) electrons. The fourth-order valence-corrected chi connectivity index (χ4v) is 3.31. The van der Waals surface area contributed by atoms with Crippen LogP contribution in [-0.2, 0) is 22.0 Å². The Labute approximate surface area is 180 Å². The molecule has 0 saturated carbocycles. The largest absolute Gasteiger partial charge is 0.550 e. The van der Waals surface area contributed by atoms with Gasteiger partial charge in [-0.25, -0.2) is 4.98 Å². The second kappa shape index (κ2) is 9.50. The van der Waals surface area contributed by atoms with Crippen LogP contribution in [0.1, 0.15) is 81.6 Å². The maximum Gasteiger partial charge on any atom is 0.219 e. The molecule has 2 rings (SSSR count). The predicted octanol–water partition coefficient (Wildman–Crippen LogP) is 3.80. The Hall–Kier alpha value is -2.56. The van der Waals surface area contributed by atoms with E-state index in [1.54, 1.807) is 0 Å². The molecule has 5 heteroatoms. The Balaban J connectivity index is 0.000000375. The van der Waals surface area contributed by atoms with E-state index < -0.39 is 5.97 Å². The molecule has 0 aliphatic carbocycles. The number of pyridine rings is 1. The number of H-pyrrole nitrogens is 1. The number of carbonyl (C=O) groups excluding carboxylic acids is 1. The summed E-state index contributed by atoms with van der Waals surface area (Å²) in [6, 6.07) is 5.74. The molecule has 0 atom stereocenters. The number of hydrogen-bond acceptors (Lipinski definition) is 4. The monoisotopic (exact) mass is 415 g/mol. The summed E-state index contributed by atoms with van der Waals surface area (Å²) in [5.74, 6) is -0.361. The van der Waals surface area contributed by atoms with Crippen molar-refractivity contribution in [1.82, 2.24) is 0 Å². The molecule has 30 heavy (non-hydrogen) atoms. The number of phenols is 1. The SMILES string of the molecule is CC(C)(C)c1cc(CCC(=O)[O-])cc(C(C)(C)C)c1O.Cc1cc(C)c(O)c(C)[nH+]1. The molecular weight excluding hydrogens is 378 g/mol. The summed E-state index contributed by atoms with van der Waals surface area (Å²) in [5, 5.41) is 30.5. The molecular formula is C25H37NO4. The quantitative estimate of drug-likeness (QED) is 0.797. The van der Waals surface area contributed by atoms with Gasteiger partial charge in [-0.1, -0.05) is 53.7 Å². The second-order valence-electron chi connectivity index (χ2n) is 10.0. The third-order valence-electron chi connectivity index (χ3n) is 4.95. The fourth-order valence-electron chi connectivity index (χ4n) is 3.31. The second-order valence-corrected chi connectivity index (χ2v) is 10.0. The lowest BCUT2D eigenvalue weighted by molar-refractivity contribution is -0.398. The molecule has 0 bridgehead atoms. The third kappa shape index (κ3) is 7.05. The molecule has 0 aliphatic heterocycles. The van der Waals surface area contributed by atoms with Gasteiger partial charge < -0.3 is 20.1 Å². The number of carboxylic acids is 1. The molecule has 1 heterocycles. The summed E-state index contributed by atoms with van der Waals surface area (Å²) < 4.78 is 0. The first-order chi connectivity index (χ1) is 13.5. The van der Waals surface area contributed by atoms with Crippen LogP contribution in [0.3, 0.4) is 0 Å². The Bertz CT molecular complexity index is 844. The van der Waals surface area contributed by atoms with E-state index in [2.05, 4.69) is 4.98 Å². The summed E-state index contributed by atoms with van der Waals surface area (Å²) >= 11 is 0. The molecule has 3 N–H and O–H groups in total. The number of rotatable bonds is 3. The van der Waals surface area contributed by atoms with Gasteiger partial charge in [0.05, 0.1) is 0 Å². The van der Waals surface area contributed by atoms with Gasteiger partial charge in [0.15, 0.2) is 11.4 Å². The minimum absolute atomic E-state index is 0.00204. The van der Waals surface area contributed by atoms with Crippen molar-refractivity contribution in [1.29, 1.82) is 0 Å². The Morgan fingerprint density at radius 1 is 0.900 bits per heavy atom. The van der Waals surface area contributed by atoms with Crippen molar-refractivity contribution in [2.75, 3.05) is 0 Å². The summed E-state index contributed by atoms with van der Waals surface area (Å²) in [6.07, 6.45) is 0.423. The van der Waals surface area contributed by atoms with Gasteiger partial charge in [-0.3, -0.25) is 0 Å². The molecule has 5 nitrogen and oxygen atoms in total. The van der Waals surface area contributed by atoms with Crippen LogP contribution >= 0.6 is 0 Å². The molecule has 166 valence electrons. The number of phenolic OH excluding ortho intramolecular Hbond substituents is 1. The van der Waals surface area contributed by atoms with Crippen molar-refractivity contribution in [2.45, 2.75) is 86.0 Å². The number of nitrogens with one attached hydrogen (secondary N) is 1. The highest BCUT2D eigenvalue weighted by Gasteiger charge is 2.26. The van der Waals surface area contributed by atoms with Gasteiger partial charge in [-0.15, -0.1) is 0 Å². The summed E-state index contributed by atoms with van der Waals surface area (Å²) in [4.78, 5) is 13.7. The van der Waals surface area contributed by atoms with E-state index >= 15 is 0 Å². The molecule has 2 aromatic rings. The van der Waals surface area contributed by atoms with Crippen molar-refractivity contribution in [3.8, 4) is 11.5 Å². The highest BCUT2D eigenvalue weighted by molar-refractivity contribution is 5.64. The first-order valence-electron chi connectivity index (χ1n) is 10.3. The number of benzene rings is 1. The zero-order valence-corrected chi connectivity index (χ0v) is 19.9. The Morgan fingerprint density at radius 2 is 1.37 bits per heavy atom. The average molecular weight is 416 g/mol. The number of aryl methyl sites for hydroxylation is 4. The van der Waals surface area contributed by atoms with Crippen molar-refractivity contribution in [3.05, 3.63) is 51.8 Å². The molecule has 0 spiro atoms. The van der Waals surface area contributed by atoms with Crippen molar-refractivity contribution in [2.24, 2.45) is 0 Å². The molecule has 0 unspecified atom stereocenters. The molecule has 0 amide bonds. The van der Waals surface area contributed by atoms with Crippen LogP contribution in [0, 0.1) is 20.8 Å². The number of aliphatic carboxylic acids is 1. The van der Waals surface area contributed by atoms with E-state index in [0.717, 1.165) is 33.6 Å². The molecule has 1 aromatic carbocycles. The van der Waals surface area contributed by atoms with Gasteiger partial charge in [0.1, 0.15) is 5.75 Å². The van der Waals surface area contributed by atoms with Crippen molar-refractivity contribution < 1.29 is 25.1 Å². The maximum atomic E-state index is 10.6.